The van der Waals surface area contributed by atoms with Gasteiger partial charge in [-0.3, -0.25) is 9.59 Å². The lowest BCUT2D eigenvalue weighted by Gasteiger charge is -2.46. The summed E-state index contributed by atoms with van der Waals surface area (Å²) in [6.07, 6.45) is -15.2. The Morgan fingerprint density at radius 1 is 0.850 bits per heavy atom. The van der Waals surface area contributed by atoms with E-state index in [2.05, 4.69) is 12.2 Å². The van der Waals surface area contributed by atoms with E-state index in [0.29, 0.717) is 17.4 Å². The number of methoxy groups -OCH3 is 1. The average Bonchev–Trinajstić information content (AvgIpc) is 3.24. The summed E-state index contributed by atoms with van der Waals surface area (Å²) >= 11 is 3.19. The Morgan fingerprint density at radius 3 is 2.20 bits per heavy atom. The van der Waals surface area contributed by atoms with Crippen LogP contribution in [0.4, 0.5) is 0 Å². The van der Waals surface area contributed by atoms with Crippen molar-refractivity contribution in [2.45, 2.75) is 162 Å². The third-order valence-electron chi connectivity index (χ3n) is 10.5. The highest BCUT2D eigenvalue weighted by molar-refractivity contribution is 8.16. The maximum Gasteiger partial charge on any atom is 0.306 e. The highest BCUT2D eigenvalue weighted by atomic mass is 32.2. The fourth-order valence-electron chi connectivity index (χ4n) is 6.83. The number of thioether (sulfide) groups is 2. The van der Waals surface area contributed by atoms with Crippen molar-refractivity contribution >= 4 is 36.0 Å². The SMILES string of the molecule is CCCCCCCCCC(CC(=O)OC)SCSCNCC(O)C(O)C(CO)O[C@@H]1OC[C@@H](O[C@@H]2OC[C@@H](O)C(O)C2O[C@H]2OC(OC=O)[C@@H](CO)[C@H](O)C2O)[C@H](O)C1O. The van der Waals surface area contributed by atoms with E-state index in [1.165, 1.54) is 51.0 Å². The van der Waals surface area contributed by atoms with Gasteiger partial charge in [-0.1, -0.05) is 51.9 Å². The van der Waals surface area contributed by atoms with E-state index >= 15 is 0 Å². The van der Waals surface area contributed by atoms with E-state index in [1.54, 1.807) is 11.8 Å². The third-order valence-corrected chi connectivity index (χ3v) is 13.0. The van der Waals surface area contributed by atoms with Gasteiger partial charge in [-0.05, 0) is 6.42 Å². The zero-order chi connectivity index (χ0) is 44.2. The molecule has 3 fully saturated rings. The van der Waals surface area contributed by atoms with Crippen molar-refractivity contribution in [2.24, 2.45) is 5.92 Å². The van der Waals surface area contributed by atoms with Crippen LogP contribution in [0.3, 0.4) is 0 Å². The quantitative estimate of drug-likeness (QED) is 0.0157. The van der Waals surface area contributed by atoms with Crippen LogP contribution in [-0.4, -0.2) is 212 Å². The topological polar surface area (TPSA) is 322 Å². The minimum atomic E-state index is -1.85. The Bertz CT molecular complexity index is 1190. The molecule has 352 valence electrons. The maximum atomic E-state index is 11.9. The van der Waals surface area contributed by atoms with Crippen LogP contribution < -0.4 is 5.32 Å². The Labute approximate surface area is 358 Å². The number of aliphatic hydroxyl groups excluding tert-OH is 10. The number of carbonyl (C=O) groups is 2. The molecule has 11 N–H and O–H groups in total. The molecular weight excluding hydrogens is 843 g/mol. The highest BCUT2D eigenvalue weighted by Gasteiger charge is 2.51. The molecule has 0 aromatic carbocycles. The summed E-state index contributed by atoms with van der Waals surface area (Å²) in [4.78, 5) is 22.9. The number of unbranched alkanes of at least 4 members (excludes halogenated alkanes) is 6. The van der Waals surface area contributed by atoms with E-state index in [1.807, 2.05) is 0 Å². The van der Waals surface area contributed by atoms with Gasteiger partial charge in [0.1, 0.15) is 54.9 Å². The molecule has 9 unspecified atom stereocenters. The van der Waals surface area contributed by atoms with Crippen molar-refractivity contribution in [3.8, 4) is 0 Å². The molecule has 3 saturated heterocycles. The number of rotatable bonds is 29. The van der Waals surface area contributed by atoms with Crippen molar-refractivity contribution in [2.75, 3.05) is 51.0 Å². The molecule has 3 aliphatic rings. The zero-order valence-electron chi connectivity index (χ0n) is 34.1. The van der Waals surface area contributed by atoms with Crippen molar-refractivity contribution in [3.63, 3.8) is 0 Å². The lowest BCUT2D eigenvalue weighted by Crippen LogP contribution is -2.63. The fraction of sp³-hybridized carbons (Fsp3) is 0.946. The molecule has 3 aliphatic heterocycles. The number of ether oxygens (including phenoxy) is 8. The van der Waals surface area contributed by atoms with Crippen LogP contribution in [0, 0.1) is 5.92 Å². The molecule has 0 amide bonds. The van der Waals surface area contributed by atoms with E-state index in [4.69, 9.17) is 37.9 Å². The van der Waals surface area contributed by atoms with Gasteiger partial charge in [0, 0.05) is 22.8 Å². The lowest BCUT2D eigenvalue weighted by molar-refractivity contribution is -0.384. The van der Waals surface area contributed by atoms with Crippen LogP contribution in [0.2, 0.25) is 0 Å². The van der Waals surface area contributed by atoms with Crippen LogP contribution >= 0.6 is 23.5 Å². The van der Waals surface area contributed by atoms with Gasteiger partial charge < -0.3 is 94.3 Å². The van der Waals surface area contributed by atoms with E-state index in [9.17, 15) is 60.7 Å². The van der Waals surface area contributed by atoms with Gasteiger partial charge in [-0.2, -0.15) is 0 Å². The van der Waals surface area contributed by atoms with Crippen molar-refractivity contribution in [1.29, 1.82) is 0 Å². The Kier molecular flexibility index (Phi) is 25.5. The molecular formula is C37H67NO20S2. The molecule has 17 atom stereocenters. The zero-order valence-corrected chi connectivity index (χ0v) is 35.7. The average molecular weight is 910 g/mol. The fourth-order valence-corrected chi connectivity index (χ4v) is 9.16. The van der Waals surface area contributed by atoms with Gasteiger partial charge in [-0.15, -0.1) is 23.5 Å². The van der Waals surface area contributed by atoms with Gasteiger partial charge in [0.05, 0.1) is 58.1 Å². The van der Waals surface area contributed by atoms with Crippen molar-refractivity contribution in [3.05, 3.63) is 0 Å². The molecule has 3 heterocycles. The van der Waals surface area contributed by atoms with Crippen LogP contribution in [0.25, 0.3) is 0 Å². The number of carbonyl (C=O) groups excluding carboxylic acids is 2. The number of hydrogen-bond donors (Lipinski definition) is 11. The molecule has 60 heavy (non-hydrogen) atoms. The number of hydrogen-bond acceptors (Lipinski definition) is 23. The Hall–Kier alpha value is -1.04. The Morgan fingerprint density at radius 2 is 1.53 bits per heavy atom. The molecule has 21 nitrogen and oxygen atoms in total. The lowest BCUT2D eigenvalue weighted by atomic mass is 9.94. The second kappa shape index (κ2) is 28.7. The van der Waals surface area contributed by atoms with E-state index in [0.717, 1.165) is 19.3 Å². The van der Waals surface area contributed by atoms with Gasteiger partial charge in [-0.25, -0.2) is 0 Å². The number of nitrogens with one attached hydrogen (secondary N) is 1. The molecule has 0 bridgehead atoms. The van der Waals surface area contributed by atoms with Crippen molar-refractivity contribution < 1.29 is 98.5 Å². The monoisotopic (exact) mass is 909 g/mol. The normalized spacial score (nSPS) is 34.4. The highest BCUT2D eigenvalue weighted by Crippen LogP contribution is 2.32. The van der Waals surface area contributed by atoms with Crippen LogP contribution in [0.15, 0.2) is 0 Å². The van der Waals surface area contributed by atoms with Gasteiger partial charge >= 0.3 is 5.97 Å². The minimum absolute atomic E-state index is 0.00857. The summed E-state index contributed by atoms with van der Waals surface area (Å²) in [5.41, 5.74) is 0. The van der Waals surface area contributed by atoms with E-state index in [-0.39, 0.29) is 24.2 Å². The number of aliphatic hydroxyl groups is 10. The van der Waals surface area contributed by atoms with Crippen LogP contribution in [0.1, 0.15) is 64.7 Å². The summed E-state index contributed by atoms with van der Waals surface area (Å²) in [5, 5.41) is 109. The van der Waals surface area contributed by atoms with E-state index < -0.39 is 125 Å². The maximum absolute atomic E-state index is 11.9. The molecule has 0 radical (unpaired) electrons. The number of esters is 1. The summed E-state index contributed by atoms with van der Waals surface area (Å²) in [5.74, 6) is -1.10. The summed E-state index contributed by atoms with van der Waals surface area (Å²) in [6.45, 7) is -0.427. The van der Waals surface area contributed by atoms with Gasteiger partial charge in [0.2, 0.25) is 6.29 Å². The van der Waals surface area contributed by atoms with Crippen LogP contribution in [-0.2, 0) is 47.5 Å². The van der Waals surface area contributed by atoms with Crippen molar-refractivity contribution in [1.82, 2.24) is 5.32 Å². The Balaban J connectivity index is 1.46. The first-order valence-corrected chi connectivity index (χ1v) is 22.6. The summed E-state index contributed by atoms with van der Waals surface area (Å²) in [6, 6.07) is 0. The van der Waals surface area contributed by atoms with Crippen LogP contribution in [0.5, 0.6) is 0 Å². The predicted molar refractivity (Wildman–Crippen MR) is 212 cm³/mol. The summed E-state index contributed by atoms with van der Waals surface area (Å²) in [7, 11) is 1.38. The smallest absolute Gasteiger partial charge is 0.306 e. The first-order valence-electron chi connectivity index (χ1n) is 20.4. The predicted octanol–water partition coefficient (Wildman–Crippen LogP) is -2.76. The first kappa shape index (κ1) is 53.3. The molecule has 0 spiro atoms. The third kappa shape index (κ3) is 16.5. The molecule has 0 aliphatic carbocycles. The first-order chi connectivity index (χ1) is 28.8. The molecule has 0 aromatic heterocycles. The molecule has 0 saturated carbocycles. The second-order valence-electron chi connectivity index (χ2n) is 15.0. The molecule has 0 aromatic rings. The van der Waals surface area contributed by atoms with Gasteiger partial charge in [0.15, 0.2) is 18.9 Å². The standard InChI is InChI=1S/C37H67NO20S2/c1-3-4-5-6-7-8-9-10-20(11-26(44)51-2)60-19-59-17-38-12-22(42)28(46)24(14-40)55-35-32(50)30(48)25(16-53-35)56-37-33(29(47)23(43)15-52-37)57-36-31(49)27(45)21(13-39)34(58-36)54-18-41/h18,20-25,27-40,42-43,45-50H,3-17,19H2,1-2H3/t20?,21-,22?,23+,24?,25+,27-,28?,29?,30-,31?,32?,33?,34?,35-,36-,37-/m0/s1. The second-order valence-corrected chi connectivity index (χ2v) is 17.6. The summed E-state index contributed by atoms with van der Waals surface area (Å²) < 4.78 is 43.0. The largest absolute Gasteiger partial charge is 0.469 e. The molecule has 3 rings (SSSR count). The minimum Gasteiger partial charge on any atom is -0.469 e. The molecule has 23 heteroatoms. The van der Waals surface area contributed by atoms with Gasteiger partial charge in [0.25, 0.3) is 6.47 Å².